The SMILES string of the molecule is Nc1ccc(NC(=O)N/C=C/C2CCCC2)cc1Cl. The van der Waals surface area contributed by atoms with Crippen molar-refractivity contribution < 1.29 is 4.79 Å². The van der Waals surface area contributed by atoms with E-state index in [-0.39, 0.29) is 6.03 Å². The van der Waals surface area contributed by atoms with Gasteiger partial charge < -0.3 is 16.4 Å². The van der Waals surface area contributed by atoms with E-state index in [2.05, 4.69) is 16.7 Å². The molecule has 1 fully saturated rings. The second kappa shape index (κ2) is 6.48. The topological polar surface area (TPSA) is 67.1 Å². The van der Waals surface area contributed by atoms with Crippen LogP contribution in [-0.2, 0) is 0 Å². The molecule has 1 aromatic carbocycles. The molecule has 0 heterocycles. The summed E-state index contributed by atoms with van der Waals surface area (Å²) in [4.78, 5) is 11.6. The molecule has 0 atom stereocenters. The number of urea groups is 1. The van der Waals surface area contributed by atoms with Crippen LogP contribution in [-0.4, -0.2) is 6.03 Å². The summed E-state index contributed by atoms with van der Waals surface area (Å²) >= 11 is 5.88. The van der Waals surface area contributed by atoms with Crippen molar-refractivity contribution in [1.82, 2.24) is 5.32 Å². The molecule has 5 heteroatoms. The van der Waals surface area contributed by atoms with Crippen molar-refractivity contribution in [3.8, 4) is 0 Å². The molecule has 1 aliphatic rings. The third kappa shape index (κ3) is 4.17. The molecule has 0 unspecified atom stereocenters. The van der Waals surface area contributed by atoms with E-state index in [0.717, 1.165) is 0 Å². The maximum atomic E-state index is 11.6. The number of hydrogen-bond donors (Lipinski definition) is 3. The van der Waals surface area contributed by atoms with E-state index in [1.807, 2.05) is 0 Å². The molecule has 0 radical (unpaired) electrons. The van der Waals surface area contributed by atoms with Crippen molar-refractivity contribution in [3.63, 3.8) is 0 Å². The van der Waals surface area contributed by atoms with Crippen LogP contribution in [0.2, 0.25) is 5.02 Å². The third-order valence-electron chi connectivity index (χ3n) is 3.24. The molecule has 0 bridgehead atoms. The van der Waals surface area contributed by atoms with Gasteiger partial charge in [-0.05, 0) is 37.0 Å². The van der Waals surface area contributed by atoms with Crippen LogP contribution in [0.5, 0.6) is 0 Å². The maximum Gasteiger partial charge on any atom is 0.323 e. The van der Waals surface area contributed by atoms with E-state index in [1.165, 1.54) is 25.7 Å². The predicted octanol–water partition coefficient (Wildman–Crippen LogP) is 3.75. The standard InChI is InChI=1S/C14H18ClN3O/c15-12-9-11(5-6-13(12)16)18-14(19)17-8-7-10-3-1-2-4-10/h5-10H,1-4,16H2,(H2,17,18,19)/b8-7+. The van der Waals surface area contributed by atoms with Gasteiger partial charge in [-0.3, -0.25) is 0 Å². The lowest BCUT2D eigenvalue weighted by molar-refractivity contribution is 0.255. The Morgan fingerprint density at radius 3 is 2.79 bits per heavy atom. The molecular weight excluding hydrogens is 262 g/mol. The van der Waals surface area contributed by atoms with Crippen LogP contribution >= 0.6 is 11.6 Å². The van der Waals surface area contributed by atoms with Crippen molar-refractivity contribution in [3.05, 3.63) is 35.5 Å². The molecule has 0 aromatic heterocycles. The molecule has 4 N–H and O–H groups in total. The highest BCUT2D eigenvalue weighted by molar-refractivity contribution is 6.33. The van der Waals surface area contributed by atoms with Gasteiger partial charge >= 0.3 is 6.03 Å². The molecule has 2 rings (SSSR count). The Kier molecular flexibility index (Phi) is 4.68. The van der Waals surface area contributed by atoms with Gasteiger partial charge in [0, 0.05) is 11.9 Å². The number of amides is 2. The van der Waals surface area contributed by atoms with Gasteiger partial charge in [0.15, 0.2) is 0 Å². The van der Waals surface area contributed by atoms with E-state index in [9.17, 15) is 4.79 Å². The second-order valence-corrected chi connectivity index (χ2v) is 5.15. The Morgan fingerprint density at radius 2 is 2.11 bits per heavy atom. The van der Waals surface area contributed by atoms with Gasteiger partial charge in [-0.2, -0.15) is 0 Å². The summed E-state index contributed by atoms with van der Waals surface area (Å²) in [7, 11) is 0. The summed E-state index contributed by atoms with van der Waals surface area (Å²) in [5.74, 6) is 0.603. The molecule has 1 saturated carbocycles. The first-order valence-corrected chi connectivity index (χ1v) is 6.82. The van der Waals surface area contributed by atoms with Crippen LogP contribution in [0, 0.1) is 5.92 Å². The Bertz CT molecular complexity index is 482. The number of rotatable bonds is 3. The van der Waals surface area contributed by atoms with Crippen molar-refractivity contribution >= 4 is 29.0 Å². The van der Waals surface area contributed by atoms with Crippen LogP contribution in [0.3, 0.4) is 0 Å². The summed E-state index contributed by atoms with van der Waals surface area (Å²) in [6.07, 6.45) is 8.77. The smallest absolute Gasteiger partial charge is 0.323 e. The number of benzene rings is 1. The molecule has 4 nitrogen and oxygen atoms in total. The normalized spacial score (nSPS) is 15.8. The van der Waals surface area contributed by atoms with Gasteiger partial charge in [0.2, 0.25) is 0 Å². The van der Waals surface area contributed by atoms with Gasteiger partial charge in [0.25, 0.3) is 0 Å². The summed E-state index contributed by atoms with van der Waals surface area (Å²) in [6, 6.07) is 4.71. The van der Waals surface area contributed by atoms with E-state index in [4.69, 9.17) is 17.3 Å². The number of nitrogen functional groups attached to an aromatic ring is 1. The molecule has 1 aromatic rings. The lowest BCUT2D eigenvalue weighted by atomic mass is 10.1. The fraction of sp³-hybridized carbons (Fsp3) is 0.357. The Labute approximate surface area is 118 Å². The van der Waals surface area contributed by atoms with E-state index in [1.54, 1.807) is 24.4 Å². The predicted molar refractivity (Wildman–Crippen MR) is 79.1 cm³/mol. The number of anilines is 2. The highest BCUT2D eigenvalue weighted by Crippen LogP contribution is 2.25. The largest absolute Gasteiger partial charge is 0.398 e. The Hall–Kier alpha value is -1.68. The molecule has 19 heavy (non-hydrogen) atoms. The van der Waals surface area contributed by atoms with E-state index in [0.29, 0.717) is 22.3 Å². The van der Waals surface area contributed by atoms with Crippen molar-refractivity contribution in [2.45, 2.75) is 25.7 Å². The van der Waals surface area contributed by atoms with Crippen LogP contribution in [0.15, 0.2) is 30.5 Å². The summed E-state index contributed by atoms with van der Waals surface area (Å²) in [6.45, 7) is 0. The quantitative estimate of drug-likeness (QED) is 0.738. The fourth-order valence-corrected chi connectivity index (χ4v) is 2.36. The Morgan fingerprint density at radius 1 is 1.37 bits per heavy atom. The van der Waals surface area contributed by atoms with Crippen molar-refractivity contribution in [2.24, 2.45) is 5.92 Å². The van der Waals surface area contributed by atoms with Gasteiger partial charge in [-0.15, -0.1) is 0 Å². The number of carbonyl (C=O) groups is 1. The molecule has 2 amide bonds. The summed E-state index contributed by atoms with van der Waals surface area (Å²) in [5, 5.41) is 5.81. The van der Waals surface area contributed by atoms with Crippen LogP contribution in [0.25, 0.3) is 0 Å². The molecular formula is C14H18ClN3O. The van der Waals surface area contributed by atoms with Crippen molar-refractivity contribution in [1.29, 1.82) is 0 Å². The lowest BCUT2D eigenvalue weighted by Crippen LogP contribution is -2.24. The third-order valence-corrected chi connectivity index (χ3v) is 3.57. The molecule has 0 aliphatic heterocycles. The number of allylic oxidation sites excluding steroid dienone is 1. The minimum absolute atomic E-state index is 0.282. The minimum Gasteiger partial charge on any atom is -0.398 e. The lowest BCUT2D eigenvalue weighted by Gasteiger charge is -2.06. The Balaban J connectivity index is 1.81. The number of nitrogens with two attached hydrogens (primary N) is 1. The molecule has 102 valence electrons. The average Bonchev–Trinajstić information content (AvgIpc) is 2.87. The van der Waals surface area contributed by atoms with Gasteiger partial charge in [-0.25, -0.2) is 4.79 Å². The number of halogens is 1. The van der Waals surface area contributed by atoms with Gasteiger partial charge in [0.1, 0.15) is 0 Å². The first-order chi connectivity index (χ1) is 9.15. The van der Waals surface area contributed by atoms with Crippen molar-refractivity contribution in [2.75, 3.05) is 11.1 Å². The van der Waals surface area contributed by atoms with Crippen LogP contribution < -0.4 is 16.4 Å². The number of carbonyl (C=O) groups excluding carboxylic acids is 1. The molecule has 1 aliphatic carbocycles. The second-order valence-electron chi connectivity index (χ2n) is 4.74. The fourth-order valence-electron chi connectivity index (χ4n) is 2.18. The monoisotopic (exact) mass is 279 g/mol. The van der Waals surface area contributed by atoms with Crippen LogP contribution in [0.1, 0.15) is 25.7 Å². The first-order valence-electron chi connectivity index (χ1n) is 6.44. The minimum atomic E-state index is -0.282. The molecule has 0 spiro atoms. The zero-order valence-electron chi connectivity index (χ0n) is 10.7. The number of hydrogen-bond acceptors (Lipinski definition) is 2. The van der Waals surface area contributed by atoms with Crippen LogP contribution in [0.4, 0.5) is 16.2 Å². The van der Waals surface area contributed by atoms with Gasteiger partial charge in [-0.1, -0.05) is 30.5 Å². The summed E-state index contributed by atoms with van der Waals surface area (Å²) in [5.41, 5.74) is 6.71. The highest BCUT2D eigenvalue weighted by Gasteiger charge is 2.11. The summed E-state index contributed by atoms with van der Waals surface area (Å²) < 4.78 is 0. The maximum absolute atomic E-state index is 11.6. The molecule has 0 saturated heterocycles. The van der Waals surface area contributed by atoms with Gasteiger partial charge in [0.05, 0.1) is 10.7 Å². The zero-order valence-corrected chi connectivity index (χ0v) is 11.4. The average molecular weight is 280 g/mol. The zero-order chi connectivity index (χ0) is 13.7. The first kappa shape index (κ1) is 13.7. The van der Waals surface area contributed by atoms with E-state index < -0.39 is 0 Å². The number of nitrogens with one attached hydrogen (secondary N) is 2. The highest BCUT2D eigenvalue weighted by atomic mass is 35.5. The van der Waals surface area contributed by atoms with E-state index >= 15 is 0 Å².